The van der Waals surface area contributed by atoms with E-state index in [-0.39, 0.29) is 56.9 Å². The highest BCUT2D eigenvalue weighted by Gasteiger charge is 2.53. The summed E-state index contributed by atoms with van der Waals surface area (Å²) in [5.41, 5.74) is 1.72. The van der Waals surface area contributed by atoms with Crippen molar-refractivity contribution in [3.63, 3.8) is 0 Å². The van der Waals surface area contributed by atoms with Gasteiger partial charge in [-0.15, -0.1) is 0 Å². The summed E-state index contributed by atoms with van der Waals surface area (Å²) in [6.07, 6.45) is 6.16. The van der Waals surface area contributed by atoms with Gasteiger partial charge in [0.1, 0.15) is 5.75 Å². The Hall–Kier alpha value is -5.08. The summed E-state index contributed by atoms with van der Waals surface area (Å²) in [6.45, 7) is 5.23. The number of carbonyl (C=O) groups excluding carboxylic acids is 4. The van der Waals surface area contributed by atoms with E-state index in [2.05, 4.69) is 5.32 Å². The molecule has 0 spiro atoms. The minimum Gasteiger partial charge on any atom is -0.494 e. The van der Waals surface area contributed by atoms with Gasteiger partial charge in [0.05, 0.1) is 37.7 Å². The quantitative estimate of drug-likeness (QED) is 0.0685. The lowest BCUT2D eigenvalue weighted by Gasteiger charge is -2.35. The first-order valence-electron chi connectivity index (χ1n) is 19.9. The van der Waals surface area contributed by atoms with Crippen LogP contribution in [0.2, 0.25) is 0 Å². The third-order valence-electron chi connectivity index (χ3n) is 10.6. The van der Waals surface area contributed by atoms with Crippen molar-refractivity contribution in [2.45, 2.75) is 77.0 Å². The number of nitrogens with zero attached hydrogens (tertiary/aromatic N) is 3. The van der Waals surface area contributed by atoms with Crippen LogP contribution in [0.15, 0.2) is 78.9 Å². The van der Waals surface area contributed by atoms with Gasteiger partial charge >= 0.3 is 5.97 Å². The summed E-state index contributed by atoms with van der Waals surface area (Å²) in [4.78, 5) is 58.5. The van der Waals surface area contributed by atoms with Gasteiger partial charge in [-0.3, -0.25) is 24.1 Å². The lowest BCUT2D eigenvalue weighted by Crippen LogP contribution is -2.49. The van der Waals surface area contributed by atoms with Gasteiger partial charge in [0.2, 0.25) is 11.8 Å². The Morgan fingerprint density at radius 1 is 1.00 bits per heavy atom. The van der Waals surface area contributed by atoms with Crippen LogP contribution in [0.25, 0.3) is 0 Å². The van der Waals surface area contributed by atoms with Crippen LogP contribution in [-0.2, 0) is 42.5 Å². The number of amides is 3. The van der Waals surface area contributed by atoms with Crippen molar-refractivity contribution in [2.75, 3.05) is 56.4 Å². The Morgan fingerprint density at radius 2 is 1.77 bits per heavy atom. The number of carbonyl (C=O) groups is 4. The van der Waals surface area contributed by atoms with Crippen LogP contribution in [0, 0.1) is 5.92 Å². The number of esters is 1. The molecule has 3 amide bonds. The summed E-state index contributed by atoms with van der Waals surface area (Å²) in [7, 11) is 1.33. The normalized spacial score (nSPS) is 18.1. The number of rotatable bonds is 21. The zero-order valence-corrected chi connectivity index (χ0v) is 33.2. The van der Waals surface area contributed by atoms with Crippen LogP contribution in [0.4, 0.5) is 17.1 Å². The lowest BCUT2D eigenvalue weighted by atomic mass is 9.82. The van der Waals surface area contributed by atoms with E-state index >= 15 is 0 Å². The van der Waals surface area contributed by atoms with Gasteiger partial charge in [0, 0.05) is 56.3 Å². The van der Waals surface area contributed by atoms with E-state index in [4.69, 9.17) is 9.47 Å². The number of methoxy groups -OCH3 is 1. The number of aliphatic hydroxyl groups is 3. The Bertz CT molecular complexity index is 1890. The highest BCUT2D eigenvalue weighted by molar-refractivity contribution is 6.10. The summed E-state index contributed by atoms with van der Waals surface area (Å²) in [5.74, 6) is -1.42. The molecule has 0 fully saturated rings. The number of ether oxygens (including phenoxy) is 2. The van der Waals surface area contributed by atoms with E-state index < -0.39 is 23.5 Å². The van der Waals surface area contributed by atoms with E-state index in [1.165, 1.54) is 12.0 Å². The minimum atomic E-state index is -2.05. The van der Waals surface area contributed by atoms with Gasteiger partial charge in [0.15, 0.2) is 5.60 Å². The summed E-state index contributed by atoms with van der Waals surface area (Å²) >= 11 is 0. The van der Waals surface area contributed by atoms with Crippen LogP contribution in [0.1, 0.15) is 69.1 Å². The fraction of sp³-hybridized carbons (Fsp3) is 0.455. The van der Waals surface area contributed by atoms with Crippen molar-refractivity contribution < 1.29 is 44.0 Å². The second kappa shape index (κ2) is 20.4. The third kappa shape index (κ3) is 10.1. The van der Waals surface area contributed by atoms with E-state index in [1.54, 1.807) is 47.1 Å². The standard InChI is InChI=1S/C44H56N4O9/c1-4-57-35-19-21-38-33(27-35)28-37(45-22-9-11-25-49)42(53)48(38)34-18-20-39-36(29-34)44(55,43(54)47(39)23-10-8-17-41(52)56-3)31(2)13-12-16-40(51)46(24-26-50)30-32-14-6-5-7-15-32/h5-7,12-15,18-21,27,29,31,37,45,49-50,55H,4,8-11,16-17,22-26,28,30H2,1-3H3/b13-12+/t31-,37?,44+/m0/s1. The molecule has 0 aromatic heterocycles. The molecule has 2 aliphatic rings. The maximum Gasteiger partial charge on any atom is 0.305 e. The summed E-state index contributed by atoms with van der Waals surface area (Å²) in [5, 5.41) is 34.9. The van der Waals surface area contributed by atoms with Crippen LogP contribution in [0.3, 0.4) is 0 Å². The Balaban J connectivity index is 1.48. The molecule has 2 heterocycles. The first kappa shape index (κ1) is 43.1. The molecular formula is C44H56N4O9. The first-order chi connectivity index (χ1) is 27.6. The van der Waals surface area contributed by atoms with Gasteiger partial charge in [-0.25, -0.2) is 0 Å². The second-order valence-corrected chi connectivity index (χ2v) is 14.4. The largest absolute Gasteiger partial charge is 0.494 e. The molecular weight excluding hydrogens is 729 g/mol. The van der Waals surface area contributed by atoms with Gasteiger partial charge in [-0.1, -0.05) is 49.4 Å². The Kier molecular flexibility index (Phi) is 15.4. The summed E-state index contributed by atoms with van der Waals surface area (Å²) in [6, 6.07) is 19.7. The number of fused-ring (bicyclic) bond motifs is 2. The highest BCUT2D eigenvalue weighted by Crippen LogP contribution is 2.48. The lowest BCUT2D eigenvalue weighted by molar-refractivity contribution is -0.140. The number of hydrogen-bond donors (Lipinski definition) is 4. The molecule has 0 saturated heterocycles. The molecule has 0 aliphatic carbocycles. The number of aliphatic hydroxyl groups excluding tert-OH is 2. The first-order valence-corrected chi connectivity index (χ1v) is 19.9. The minimum absolute atomic E-state index is 0.0128. The van der Waals surface area contributed by atoms with Crippen LogP contribution in [0.5, 0.6) is 5.75 Å². The molecule has 3 aromatic carbocycles. The van der Waals surface area contributed by atoms with E-state index in [0.29, 0.717) is 80.2 Å². The monoisotopic (exact) mass is 784 g/mol. The number of anilines is 3. The second-order valence-electron chi connectivity index (χ2n) is 14.4. The predicted molar refractivity (Wildman–Crippen MR) is 217 cm³/mol. The van der Waals surface area contributed by atoms with Gasteiger partial charge in [0.25, 0.3) is 5.91 Å². The zero-order chi connectivity index (χ0) is 41.0. The number of nitrogens with one attached hydrogen (secondary N) is 1. The van der Waals surface area contributed by atoms with Crippen LogP contribution in [-0.4, -0.2) is 96.5 Å². The van der Waals surface area contributed by atoms with Gasteiger partial charge in [-0.05, 0) is 93.1 Å². The molecule has 13 heteroatoms. The van der Waals surface area contributed by atoms with Crippen molar-refractivity contribution in [3.05, 3.63) is 95.6 Å². The zero-order valence-electron chi connectivity index (χ0n) is 33.2. The molecule has 57 heavy (non-hydrogen) atoms. The van der Waals surface area contributed by atoms with E-state index in [9.17, 15) is 34.5 Å². The van der Waals surface area contributed by atoms with Gasteiger partial charge in [-0.2, -0.15) is 0 Å². The molecule has 3 aromatic rings. The van der Waals surface area contributed by atoms with Gasteiger partial charge < -0.3 is 39.9 Å². The summed E-state index contributed by atoms with van der Waals surface area (Å²) < 4.78 is 10.6. The molecule has 2 aliphatic heterocycles. The molecule has 3 atom stereocenters. The highest BCUT2D eigenvalue weighted by atomic mass is 16.5. The third-order valence-corrected chi connectivity index (χ3v) is 10.6. The molecule has 0 radical (unpaired) electrons. The van der Waals surface area contributed by atoms with Crippen LogP contribution < -0.4 is 19.9 Å². The fourth-order valence-electron chi connectivity index (χ4n) is 7.52. The van der Waals surface area contributed by atoms with Crippen molar-refractivity contribution in [1.82, 2.24) is 10.2 Å². The number of unbranched alkanes of at least 4 members (excludes halogenated alkanes) is 2. The molecule has 5 rings (SSSR count). The number of hydrogen-bond acceptors (Lipinski definition) is 10. The average molecular weight is 785 g/mol. The maximum atomic E-state index is 14.4. The molecule has 0 bridgehead atoms. The molecule has 0 saturated carbocycles. The van der Waals surface area contributed by atoms with Crippen molar-refractivity contribution in [2.24, 2.45) is 5.92 Å². The van der Waals surface area contributed by atoms with Crippen molar-refractivity contribution in [3.8, 4) is 5.75 Å². The average Bonchev–Trinajstić information content (AvgIpc) is 3.43. The molecule has 306 valence electrons. The Morgan fingerprint density at radius 3 is 2.49 bits per heavy atom. The molecule has 13 nitrogen and oxygen atoms in total. The van der Waals surface area contributed by atoms with E-state index in [0.717, 1.165) is 11.1 Å². The topological polar surface area (TPSA) is 169 Å². The van der Waals surface area contributed by atoms with Crippen molar-refractivity contribution >= 4 is 40.8 Å². The predicted octanol–water partition coefficient (Wildman–Crippen LogP) is 4.52. The maximum absolute atomic E-state index is 14.4. The molecule has 1 unspecified atom stereocenters. The fourth-order valence-corrected chi connectivity index (χ4v) is 7.52. The smallest absolute Gasteiger partial charge is 0.305 e. The molecule has 4 N–H and O–H groups in total. The number of benzene rings is 3. The van der Waals surface area contributed by atoms with Crippen LogP contribution >= 0.6 is 0 Å². The SMILES string of the molecule is CCOc1ccc2c(c1)CC(NCCCCO)C(=O)N2c1ccc2c(c1)[C@](O)([C@@H](C)/C=C/CC(=O)N(CCO)Cc1ccccc1)C(=O)N2CCCCC(=O)OC. The Labute approximate surface area is 334 Å². The van der Waals surface area contributed by atoms with Crippen molar-refractivity contribution in [1.29, 1.82) is 0 Å². The van der Waals surface area contributed by atoms with E-state index in [1.807, 2.05) is 55.5 Å².